The van der Waals surface area contributed by atoms with Gasteiger partial charge < -0.3 is 25.4 Å². The predicted octanol–water partition coefficient (Wildman–Crippen LogP) is 2.98. The van der Waals surface area contributed by atoms with Gasteiger partial charge in [0.05, 0.1) is 0 Å². The predicted molar refractivity (Wildman–Crippen MR) is 132 cm³/mol. The van der Waals surface area contributed by atoms with Crippen LogP contribution < -0.4 is 10.6 Å². The Balaban J connectivity index is 1.95. The molecule has 194 valence electrons. The number of nitrogens with zero attached hydrogens (tertiary/aromatic N) is 1. The maximum Gasteiger partial charge on any atom is 0.408 e. The number of nitrogens with one attached hydrogen (secondary N) is 2. The molecule has 3 atom stereocenters. The highest BCUT2D eigenvalue weighted by molar-refractivity contribution is 5.87. The molecule has 0 aliphatic carbocycles. The van der Waals surface area contributed by atoms with E-state index in [0.717, 1.165) is 5.56 Å². The van der Waals surface area contributed by atoms with E-state index >= 15 is 0 Å². The second-order valence-corrected chi connectivity index (χ2v) is 10.2. The first kappa shape index (κ1) is 28.1. The van der Waals surface area contributed by atoms with Crippen LogP contribution in [0.1, 0.15) is 59.4 Å². The van der Waals surface area contributed by atoms with E-state index in [2.05, 4.69) is 10.6 Å². The minimum absolute atomic E-state index is 0.0923. The summed E-state index contributed by atoms with van der Waals surface area (Å²) in [6.45, 7) is 9.85. The lowest BCUT2D eigenvalue weighted by Gasteiger charge is -2.35. The number of likely N-dealkylation sites (tertiary alicyclic amines) is 1. The van der Waals surface area contributed by atoms with Crippen LogP contribution in [0.4, 0.5) is 4.79 Å². The number of rotatable bonds is 9. The van der Waals surface area contributed by atoms with Crippen molar-refractivity contribution < 1.29 is 29.0 Å². The Kier molecular flexibility index (Phi) is 10.1. The first-order valence-electron chi connectivity index (χ1n) is 12.3. The highest BCUT2D eigenvalue weighted by Gasteiger charge is 2.35. The van der Waals surface area contributed by atoms with Gasteiger partial charge in [0.2, 0.25) is 11.8 Å². The fourth-order valence-electron chi connectivity index (χ4n) is 4.02. The van der Waals surface area contributed by atoms with E-state index in [-0.39, 0.29) is 30.1 Å². The summed E-state index contributed by atoms with van der Waals surface area (Å²) >= 11 is 0. The topological polar surface area (TPSA) is 125 Å². The zero-order valence-electron chi connectivity index (χ0n) is 21.4. The molecule has 0 unspecified atom stereocenters. The Morgan fingerprint density at radius 3 is 2.20 bits per heavy atom. The minimum atomic E-state index is -1.08. The van der Waals surface area contributed by atoms with Crippen molar-refractivity contribution in [3.05, 3.63) is 35.9 Å². The number of carboxylic acids is 1. The van der Waals surface area contributed by atoms with Gasteiger partial charge in [0.1, 0.15) is 17.7 Å². The van der Waals surface area contributed by atoms with Gasteiger partial charge in [-0.15, -0.1) is 0 Å². The maximum atomic E-state index is 13.2. The molecular weight excluding hydrogens is 450 g/mol. The van der Waals surface area contributed by atoms with E-state index in [1.54, 1.807) is 25.7 Å². The van der Waals surface area contributed by atoms with Crippen molar-refractivity contribution in [3.8, 4) is 0 Å². The van der Waals surface area contributed by atoms with Crippen LogP contribution in [-0.2, 0) is 25.5 Å². The number of ether oxygens (including phenoxy) is 1. The molecule has 1 aliphatic rings. The molecule has 9 nitrogen and oxygen atoms in total. The summed E-state index contributed by atoms with van der Waals surface area (Å²) in [5.41, 5.74) is 0.155. The van der Waals surface area contributed by atoms with Gasteiger partial charge in [-0.05, 0) is 45.1 Å². The van der Waals surface area contributed by atoms with E-state index in [0.29, 0.717) is 32.4 Å². The van der Waals surface area contributed by atoms with E-state index in [4.69, 9.17) is 4.74 Å². The van der Waals surface area contributed by atoms with E-state index in [1.807, 2.05) is 44.2 Å². The van der Waals surface area contributed by atoms with E-state index < -0.39 is 29.7 Å². The molecule has 0 bridgehead atoms. The normalized spacial score (nSPS) is 17.1. The lowest BCUT2D eigenvalue weighted by molar-refractivity contribution is -0.143. The molecule has 1 aromatic rings. The summed E-state index contributed by atoms with van der Waals surface area (Å²) in [6, 6.07) is 7.42. The largest absolute Gasteiger partial charge is 0.480 e. The number of amides is 3. The number of benzene rings is 1. The molecule has 0 aromatic heterocycles. The van der Waals surface area contributed by atoms with Crippen LogP contribution in [0, 0.1) is 11.8 Å². The molecule has 1 fully saturated rings. The molecular formula is C26H39N3O6. The number of aliphatic carboxylic acids is 1. The Morgan fingerprint density at radius 2 is 1.69 bits per heavy atom. The number of hydrogen-bond acceptors (Lipinski definition) is 5. The fraction of sp³-hybridized carbons (Fsp3) is 0.615. The van der Waals surface area contributed by atoms with Crippen LogP contribution in [0.2, 0.25) is 0 Å². The summed E-state index contributed by atoms with van der Waals surface area (Å²) in [7, 11) is 0. The Hall–Kier alpha value is -3.10. The third kappa shape index (κ3) is 8.88. The monoisotopic (exact) mass is 489 g/mol. The average molecular weight is 490 g/mol. The molecule has 3 amide bonds. The van der Waals surface area contributed by atoms with Gasteiger partial charge in [-0.3, -0.25) is 9.59 Å². The van der Waals surface area contributed by atoms with Gasteiger partial charge >= 0.3 is 12.1 Å². The van der Waals surface area contributed by atoms with E-state index in [1.165, 1.54) is 0 Å². The quantitative estimate of drug-likeness (QED) is 0.490. The third-order valence-corrected chi connectivity index (χ3v) is 6.23. The van der Waals surface area contributed by atoms with Gasteiger partial charge in [-0.25, -0.2) is 9.59 Å². The molecule has 1 heterocycles. The molecule has 1 saturated heterocycles. The minimum Gasteiger partial charge on any atom is -0.480 e. The average Bonchev–Trinajstić information content (AvgIpc) is 2.80. The van der Waals surface area contributed by atoms with Crippen molar-refractivity contribution in [2.24, 2.45) is 11.8 Å². The summed E-state index contributed by atoms with van der Waals surface area (Å²) in [6.07, 6.45) is 1.11. The third-order valence-electron chi connectivity index (χ3n) is 6.23. The van der Waals surface area contributed by atoms with Gasteiger partial charge in [0.25, 0.3) is 0 Å². The first-order valence-corrected chi connectivity index (χ1v) is 12.3. The summed E-state index contributed by atoms with van der Waals surface area (Å²) in [5.74, 6) is -2.07. The van der Waals surface area contributed by atoms with Crippen molar-refractivity contribution in [2.45, 2.75) is 78.0 Å². The zero-order chi connectivity index (χ0) is 26.2. The van der Waals surface area contributed by atoms with Crippen LogP contribution in [0.25, 0.3) is 0 Å². The molecule has 0 spiro atoms. The van der Waals surface area contributed by atoms with Crippen molar-refractivity contribution in [1.82, 2.24) is 15.5 Å². The van der Waals surface area contributed by atoms with Gasteiger partial charge in [0.15, 0.2) is 0 Å². The highest BCUT2D eigenvalue weighted by atomic mass is 16.6. The van der Waals surface area contributed by atoms with Crippen molar-refractivity contribution in [2.75, 3.05) is 13.1 Å². The van der Waals surface area contributed by atoms with Crippen molar-refractivity contribution in [3.63, 3.8) is 0 Å². The van der Waals surface area contributed by atoms with Gasteiger partial charge in [-0.2, -0.15) is 0 Å². The van der Waals surface area contributed by atoms with Crippen molar-refractivity contribution in [1.29, 1.82) is 0 Å². The second kappa shape index (κ2) is 12.6. The zero-order valence-corrected chi connectivity index (χ0v) is 21.4. The van der Waals surface area contributed by atoms with Crippen LogP contribution in [0.5, 0.6) is 0 Å². The molecule has 2 rings (SSSR count). The number of carbonyl (C=O) groups excluding carboxylic acids is 3. The Labute approximate surface area is 207 Å². The second-order valence-electron chi connectivity index (χ2n) is 10.2. The number of carboxylic acid groups (broad SMARTS) is 1. The molecule has 0 saturated carbocycles. The van der Waals surface area contributed by atoms with Crippen LogP contribution >= 0.6 is 0 Å². The fourth-order valence-corrected chi connectivity index (χ4v) is 4.02. The van der Waals surface area contributed by atoms with Gasteiger partial charge in [-0.1, -0.05) is 50.6 Å². The molecule has 35 heavy (non-hydrogen) atoms. The molecule has 3 N–H and O–H groups in total. The molecule has 1 aromatic carbocycles. The summed E-state index contributed by atoms with van der Waals surface area (Å²) in [4.78, 5) is 51.7. The highest BCUT2D eigenvalue weighted by Crippen LogP contribution is 2.21. The van der Waals surface area contributed by atoms with Crippen molar-refractivity contribution >= 4 is 23.9 Å². The first-order chi connectivity index (χ1) is 16.4. The lowest BCUT2D eigenvalue weighted by atomic mass is 9.92. The SMILES string of the molecule is CC[C@@H](C)[C@H](NC(=O)OC(C)(C)C)C(=O)N1CCC(C(=O)N[C@@H](Cc2ccccc2)C(=O)O)CC1. The van der Waals surface area contributed by atoms with Crippen LogP contribution in [0.15, 0.2) is 30.3 Å². The van der Waals surface area contributed by atoms with Crippen LogP contribution in [0.3, 0.4) is 0 Å². The van der Waals surface area contributed by atoms with Gasteiger partial charge in [0, 0.05) is 25.4 Å². The van der Waals surface area contributed by atoms with Crippen LogP contribution in [-0.4, -0.2) is 64.7 Å². The lowest BCUT2D eigenvalue weighted by Crippen LogP contribution is -2.55. The maximum absolute atomic E-state index is 13.2. The summed E-state index contributed by atoms with van der Waals surface area (Å²) < 4.78 is 5.33. The number of hydrogen-bond donors (Lipinski definition) is 3. The molecule has 9 heteroatoms. The summed E-state index contributed by atoms with van der Waals surface area (Å²) in [5, 5.41) is 14.9. The molecule has 1 aliphatic heterocycles. The number of carbonyl (C=O) groups is 4. The number of alkyl carbamates (subject to hydrolysis) is 1. The smallest absolute Gasteiger partial charge is 0.408 e. The standard InChI is InChI=1S/C26H39N3O6/c1-6-17(2)21(28-25(34)35-26(3,4)5)23(31)29-14-12-19(13-15-29)22(30)27-20(24(32)33)16-18-10-8-7-9-11-18/h7-11,17,19-21H,6,12-16H2,1-5H3,(H,27,30)(H,28,34)(H,32,33)/t17-,20+,21+/m1/s1. The Bertz CT molecular complexity index is 875. The number of piperidine rings is 1. The van der Waals surface area contributed by atoms with E-state index in [9.17, 15) is 24.3 Å². The Morgan fingerprint density at radius 1 is 1.09 bits per heavy atom. The molecule has 0 radical (unpaired) electrons.